The number of nitrogens with zero attached hydrogens (tertiary/aromatic N) is 1. The molecule has 3 nitrogen and oxygen atoms in total. The van der Waals surface area contributed by atoms with E-state index in [0.29, 0.717) is 17.3 Å². The van der Waals surface area contributed by atoms with Gasteiger partial charge in [-0.3, -0.25) is 0 Å². The van der Waals surface area contributed by atoms with Crippen LogP contribution >= 0.6 is 11.6 Å². The summed E-state index contributed by atoms with van der Waals surface area (Å²) < 4.78 is 5.12. The molecule has 2 rings (SSSR count). The molecule has 106 valence electrons. The Labute approximate surface area is 124 Å². The summed E-state index contributed by atoms with van der Waals surface area (Å²) in [6.45, 7) is 2.60. The van der Waals surface area contributed by atoms with Crippen LogP contribution in [0.15, 0.2) is 36.4 Å². The SMILES string of the molecule is COc1cc(Cl)cc(CN(C)c2cccc(C)c2)c1O. The third-order valence-electron chi connectivity index (χ3n) is 3.19. The van der Waals surface area contributed by atoms with Gasteiger partial charge >= 0.3 is 0 Å². The highest BCUT2D eigenvalue weighted by molar-refractivity contribution is 6.30. The molecule has 0 aliphatic rings. The maximum Gasteiger partial charge on any atom is 0.162 e. The molecular formula is C16H18ClNO2. The fraction of sp³-hybridized carbons (Fsp3) is 0.250. The average Bonchev–Trinajstić information content (AvgIpc) is 2.42. The number of phenols is 1. The van der Waals surface area contributed by atoms with Crippen LogP contribution in [0, 0.1) is 6.92 Å². The molecule has 0 heterocycles. The Morgan fingerprint density at radius 1 is 1.25 bits per heavy atom. The monoisotopic (exact) mass is 291 g/mol. The van der Waals surface area contributed by atoms with Gasteiger partial charge < -0.3 is 14.7 Å². The van der Waals surface area contributed by atoms with Gasteiger partial charge in [0.15, 0.2) is 11.5 Å². The van der Waals surface area contributed by atoms with Crippen molar-refractivity contribution in [2.75, 3.05) is 19.1 Å². The minimum Gasteiger partial charge on any atom is -0.504 e. The standard InChI is InChI=1S/C16H18ClNO2/c1-11-5-4-6-14(7-11)18(2)10-12-8-13(17)9-15(20-3)16(12)19/h4-9,19H,10H2,1-3H3. The molecule has 0 atom stereocenters. The molecule has 0 amide bonds. The second-order valence-corrected chi connectivity index (χ2v) is 5.25. The molecule has 2 aromatic rings. The highest BCUT2D eigenvalue weighted by atomic mass is 35.5. The number of hydrogen-bond donors (Lipinski definition) is 1. The van der Waals surface area contributed by atoms with Gasteiger partial charge in [0.2, 0.25) is 0 Å². The summed E-state index contributed by atoms with van der Waals surface area (Å²) >= 11 is 6.05. The van der Waals surface area contributed by atoms with Crippen molar-refractivity contribution in [2.24, 2.45) is 0 Å². The van der Waals surface area contributed by atoms with Crippen LogP contribution in [0.25, 0.3) is 0 Å². The van der Waals surface area contributed by atoms with E-state index < -0.39 is 0 Å². The molecule has 2 aromatic carbocycles. The van der Waals surface area contributed by atoms with E-state index in [4.69, 9.17) is 16.3 Å². The largest absolute Gasteiger partial charge is 0.504 e. The van der Waals surface area contributed by atoms with Gasteiger partial charge in [-0.05, 0) is 30.7 Å². The maximum absolute atomic E-state index is 10.2. The lowest BCUT2D eigenvalue weighted by Crippen LogP contribution is -2.16. The molecule has 0 spiro atoms. The number of halogens is 1. The van der Waals surface area contributed by atoms with Crippen LogP contribution in [0.4, 0.5) is 5.69 Å². The van der Waals surface area contributed by atoms with Gasteiger partial charge in [-0.1, -0.05) is 23.7 Å². The van der Waals surface area contributed by atoms with Crippen LogP contribution in [0.2, 0.25) is 5.02 Å². The predicted molar refractivity (Wildman–Crippen MR) is 83.0 cm³/mol. The Balaban J connectivity index is 2.28. The van der Waals surface area contributed by atoms with Crippen LogP contribution in [-0.2, 0) is 6.54 Å². The zero-order chi connectivity index (χ0) is 14.7. The summed E-state index contributed by atoms with van der Waals surface area (Å²) in [6, 6.07) is 11.6. The van der Waals surface area contributed by atoms with E-state index in [1.807, 2.05) is 19.2 Å². The van der Waals surface area contributed by atoms with Crippen molar-refractivity contribution in [3.8, 4) is 11.5 Å². The first kappa shape index (κ1) is 14.5. The molecule has 4 heteroatoms. The lowest BCUT2D eigenvalue weighted by atomic mass is 10.1. The Hall–Kier alpha value is -1.87. The first-order valence-electron chi connectivity index (χ1n) is 6.34. The fourth-order valence-electron chi connectivity index (χ4n) is 2.12. The minimum atomic E-state index is 0.136. The van der Waals surface area contributed by atoms with Gasteiger partial charge in [0.05, 0.1) is 7.11 Å². The zero-order valence-electron chi connectivity index (χ0n) is 11.9. The average molecular weight is 292 g/mol. The molecule has 0 saturated carbocycles. The van der Waals surface area contributed by atoms with Crippen molar-refractivity contribution in [1.29, 1.82) is 0 Å². The highest BCUT2D eigenvalue weighted by Gasteiger charge is 2.12. The van der Waals surface area contributed by atoms with Crippen molar-refractivity contribution >= 4 is 17.3 Å². The van der Waals surface area contributed by atoms with Crippen LogP contribution in [0.1, 0.15) is 11.1 Å². The van der Waals surface area contributed by atoms with Crippen molar-refractivity contribution in [2.45, 2.75) is 13.5 Å². The number of ether oxygens (including phenoxy) is 1. The van der Waals surface area contributed by atoms with Crippen LogP contribution in [0.5, 0.6) is 11.5 Å². The fourth-order valence-corrected chi connectivity index (χ4v) is 2.35. The lowest BCUT2D eigenvalue weighted by molar-refractivity contribution is 0.370. The second-order valence-electron chi connectivity index (χ2n) is 4.81. The van der Waals surface area contributed by atoms with Gasteiger partial charge in [-0.15, -0.1) is 0 Å². The number of benzene rings is 2. The first-order chi connectivity index (χ1) is 9.51. The van der Waals surface area contributed by atoms with Crippen LogP contribution in [0.3, 0.4) is 0 Å². The maximum atomic E-state index is 10.2. The van der Waals surface area contributed by atoms with Gasteiger partial charge in [-0.25, -0.2) is 0 Å². The summed E-state index contributed by atoms with van der Waals surface area (Å²) in [7, 11) is 3.49. The van der Waals surface area contributed by atoms with E-state index in [0.717, 1.165) is 11.3 Å². The Kier molecular flexibility index (Phi) is 4.40. The van der Waals surface area contributed by atoms with Gasteiger partial charge in [0, 0.05) is 35.9 Å². The van der Waals surface area contributed by atoms with E-state index >= 15 is 0 Å². The minimum absolute atomic E-state index is 0.136. The molecule has 0 fully saturated rings. The number of rotatable bonds is 4. The van der Waals surface area contributed by atoms with E-state index in [2.05, 4.69) is 24.0 Å². The highest BCUT2D eigenvalue weighted by Crippen LogP contribution is 2.34. The van der Waals surface area contributed by atoms with Gasteiger partial charge in [-0.2, -0.15) is 0 Å². The number of hydrogen-bond acceptors (Lipinski definition) is 3. The molecule has 0 unspecified atom stereocenters. The zero-order valence-corrected chi connectivity index (χ0v) is 12.6. The van der Waals surface area contributed by atoms with E-state index in [-0.39, 0.29) is 5.75 Å². The smallest absolute Gasteiger partial charge is 0.162 e. The number of methoxy groups -OCH3 is 1. The van der Waals surface area contributed by atoms with Crippen molar-refractivity contribution in [3.63, 3.8) is 0 Å². The topological polar surface area (TPSA) is 32.7 Å². The molecular weight excluding hydrogens is 274 g/mol. The third kappa shape index (κ3) is 3.17. The first-order valence-corrected chi connectivity index (χ1v) is 6.72. The predicted octanol–water partition coefficient (Wildman–Crippen LogP) is 4.00. The summed E-state index contributed by atoms with van der Waals surface area (Å²) in [5.74, 6) is 0.529. The molecule has 0 saturated heterocycles. The van der Waals surface area contributed by atoms with E-state index in [9.17, 15) is 5.11 Å². The van der Waals surface area contributed by atoms with Crippen molar-refractivity contribution in [3.05, 3.63) is 52.5 Å². The van der Waals surface area contributed by atoms with Crippen molar-refractivity contribution < 1.29 is 9.84 Å². The molecule has 0 bridgehead atoms. The molecule has 0 aliphatic heterocycles. The van der Waals surface area contributed by atoms with E-state index in [1.54, 1.807) is 12.1 Å². The normalized spacial score (nSPS) is 10.4. The molecule has 0 aliphatic carbocycles. The second kappa shape index (κ2) is 6.06. The lowest BCUT2D eigenvalue weighted by Gasteiger charge is -2.21. The number of anilines is 1. The van der Waals surface area contributed by atoms with E-state index in [1.165, 1.54) is 12.7 Å². The van der Waals surface area contributed by atoms with Crippen molar-refractivity contribution in [1.82, 2.24) is 0 Å². The van der Waals surface area contributed by atoms with Gasteiger partial charge in [0.25, 0.3) is 0 Å². The molecule has 0 radical (unpaired) electrons. The molecule has 20 heavy (non-hydrogen) atoms. The Bertz CT molecular complexity index is 613. The summed E-state index contributed by atoms with van der Waals surface area (Å²) in [4.78, 5) is 2.05. The van der Waals surface area contributed by atoms with Crippen LogP contribution in [-0.4, -0.2) is 19.3 Å². The molecule has 0 aromatic heterocycles. The number of phenolic OH excluding ortho intramolecular Hbond substituents is 1. The summed E-state index contributed by atoms with van der Waals surface area (Å²) in [5.41, 5.74) is 3.02. The van der Waals surface area contributed by atoms with Gasteiger partial charge in [0.1, 0.15) is 0 Å². The third-order valence-corrected chi connectivity index (χ3v) is 3.41. The molecule has 1 N–H and O–H groups in total. The number of aromatic hydroxyl groups is 1. The Morgan fingerprint density at radius 2 is 2.00 bits per heavy atom. The summed E-state index contributed by atoms with van der Waals surface area (Å²) in [5, 5.41) is 10.7. The quantitative estimate of drug-likeness (QED) is 0.924. The Morgan fingerprint density at radius 3 is 2.65 bits per heavy atom. The van der Waals surface area contributed by atoms with Crippen LogP contribution < -0.4 is 9.64 Å². The summed E-state index contributed by atoms with van der Waals surface area (Å²) in [6.07, 6.45) is 0. The number of aryl methyl sites for hydroxylation is 1.